The number of nitrogens with one attached hydrogen (secondary N) is 1. The number of carbonyl (C=O) groups is 2. The number of amides is 3. The van der Waals surface area contributed by atoms with Crippen molar-refractivity contribution < 1.29 is 9.59 Å². The highest BCUT2D eigenvalue weighted by Gasteiger charge is 2.49. The van der Waals surface area contributed by atoms with E-state index >= 15 is 0 Å². The summed E-state index contributed by atoms with van der Waals surface area (Å²) in [5, 5.41) is 11.8. The Balaban J connectivity index is 1.44. The molecular formula is C22H22N4O2S. The van der Waals surface area contributed by atoms with Crippen LogP contribution in [0.25, 0.3) is 0 Å². The average Bonchev–Trinajstić information content (AvgIpc) is 3.04. The summed E-state index contributed by atoms with van der Waals surface area (Å²) in [6.45, 7) is 3.20. The highest BCUT2D eigenvalue weighted by atomic mass is 32.2. The van der Waals surface area contributed by atoms with E-state index in [4.69, 9.17) is 5.26 Å². The lowest BCUT2D eigenvalue weighted by atomic mass is 10.0. The molecule has 0 aliphatic carbocycles. The number of thioether (sulfide) groups is 1. The maximum Gasteiger partial charge on any atom is 0.321 e. The minimum Gasteiger partial charge on any atom is -0.324 e. The fraction of sp³-hybridized carbons (Fsp3) is 0.318. The highest BCUT2D eigenvalue weighted by molar-refractivity contribution is 8.02. The predicted molar refractivity (Wildman–Crippen MR) is 115 cm³/mol. The first-order valence-corrected chi connectivity index (χ1v) is 10.6. The minimum absolute atomic E-state index is 0.135. The van der Waals surface area contributed by atoms with Crippen molar-refractivity contribution in [2.45, 2.75) is 24.6 Å². The van der Waals surface area contributed by atoms with E-state index in [0.717, 1.165) is 24.1 Å². The first-order chi connectivity index (χ1) is 14.0. The summed E-state index contributed by atoms with van der Waals surface area (Å²) in [6, 6.07) is 16.8. The van der Waals surface area contributed by atoms with Crippen LogP contribution in [0.4, 0.5) is 16.2 Å². The Bertz CT molecular complexity index is 975. The van der Waals surface area contributed by atoms with E-state index in [-0.39, 0.29) is 16.8 Å². The molecule has 0 bridgehead atoms. The quantitative estimate of drug-likeness (QED) is 0.819. The number of rotatable bonds is 2. The first-order valence-electron chi connectivity index (χ1n) is 9.60. The number of nitriles is 1. The van der Waals surface area contributed by atoms with E-state index in [9.17, 15) is 9.59 Å². The van der Waals surface area contributed by atoms with Gasteiger partial charge in [0.25, 0.3) is 0 Å². The van der Waals surface area contributed by atoms with Crippen LogP contribution in [0.5, 0.6) is 0 Å². The number of piperidine rings is 1. The first kappa shape index (κ1) is 19.3. The zero-order valence-electron chi connectivity index (χ0n) is 16.2. The molecule has 0 saturated carbocycles. The van der Waals surface area contributed by atoms with Gasteiger partial charge >= 0.3 is 6.03 Å². The van der Waals surface area contributed by atoms with Crippen molar-refractivity contribution in [3.63, 3.8) is 0 Å². The van der Waals surface area contributed by atoms with Crippen LogP contribution >= 0.6 is 11.8 Å². The number of likely N-dealkylation sites (tertiary alicyclic amines) is 1. The molecule has 29 heavy (non-hydrogen) atoms. The molecule has 2 aromatic rings. The van der Waals surface area contributed by atoms with Gasteiger partial charge in [-0.15, -0.1) is 11.8 Å². The van der Waals surface area contributed by atoms with Gasteiger partial charge in [0.15, 0.2) is 0 Å². The predicted octanol–water partition coefficient (Wildman–Crippen LogP) is 3.97. The van der Waals surface area contributed by atoms with Crippen LogP contribution in [0.3, 0.4) is 0 Å². The van der Waals surface area contributed by atoms with Crippen LogP contribution in [-0.2, 0) is 4.79 Å². The van der Waals surface area contributed by atoms with Gasteiger partial charge in [0.2, 0.25) is 5.91 Å². The lowest BCUT2D eigenvalue weighted by molar-refractivity contribution is -0.116. The molecule has 0 atom stereocenters. The summed E-state index contributed by atoms with van der Waals surface area (Å²) >= 11 is 1.69. The monoisotopic (exact) mass is 406 g/mol. The maximum atomic E-state index is 12.7. The second kappa shape index (κ2) is 7.80. The largest absolute Gasteiger partial charge is 0.324 e. The van der Waals surface area contributed by atoms with Crippen molar-refractivity contribution in [1.29, 1.82) is 5.26 Å². The summed E-state index contributed by atoms with van der Waals surface area (Å²) in [5.74, 6) is 0.613. The number of aryl methyl sites for hydroxylation is 1. The van der Waals surface area contributed by atoms with Crippen molar-refractivity contribution in [2.75, 3.05) is 29.1 Å². The van der Waals surface area contributed by atoms with Crippen molar-refractivity contribution in [3.8, 4) is 6.07 Å². The fourth-order valence-corrected chi connectivity index (χ4v) is 5.29. The summed E-state index contributed by atoms with van der Waals surface area (Å²) in [7, 11) is 0. The van der Waals surface area contributed by atoms with Crippen LogP contribution in [0.15, 0.2) is 48.5 Å². The van der Waals surface area contributed by atoms with E-state index < -0.39 is 0 Å². The lowest BCUT2D eigenvalue weighted by Gasteiger charge is -2.44. The lowest BCUT2D eigenvalue weighted by Crippen LogP contribution is -2.53. The third-order valence-corrected chi connectivity index (χ3v) is 7.00. The minimum atomic E-state index is -0.282. The number of hydrogen-bond donors (Lipinski definition) is 1. The van der Waals surface area contributed by atoms with Crippen LogP contribution in [0.1, 0.15) is 24.0 Å². The smallest absolute Gasteiger partial charge is 0.321 e. The molecule has 4 rings (SSSR count). The Morgan fingerprint density at radius 1 is 1.17 bits per heavy atom. The molecule has 148 valence electrons. The zero-order chi connectivity index (χ0) is 20.4. The highest BCUT2D eigenvalue weighted by Crippen LogP contribution is 2.46. The van der Waals surface area contributed by atoms with Gasteiger partial charge in [-0.3, -0.25) is 9.69 Å². The topological polar surface area (TPSA) is 76.4 Å². The summed E-state index contributed by atoms with van der Waals surface area (Å²) in [5.41, 5.74) is 3.29. The van der Waals surface area contributed by atoms with Gasteiger partial charge in [0, 0.05) is 24.5 Å². The van der Waals surface area contributed by atoms with Gasteiger partial charge in [-0.05, 0) is 61.7 Å². The number of benzene rings is 2. The van der Waals surface area contributed by atoms with Crippen LogP contribution in [-0.4, -0.2) is 40.6 Å². The maximum absolute atomic E-state index is 12.7. The Morgan fingerprint density at radius 3 is 2.55 bits per heavy atom. The van der Waals surface area contributed by atoms with Gasteiger partial charge < -0.3 is 10.2 Å². The van der Waals surface area contributed by atoms with Crippen LogP contribution in [0.2, 0.25) is 0 Å². The molecule has 0 radical (unpaired) electrons. The number of anilines is 2. The fourth-order valence-electron chi connectivity index (χ4n) is 3.96. The van der Waals surface area contributed by atoms with E-state index in [0.29, 0.717) is 30.1 Å². The standard InChI is InChI=1S/C22H22N4O2S/c1-16-3-2-4-19(13-16)26-20(27)15-29-22(26)9-11-25(12-10-22)21(28)24-18-7-5-17(14-23)6-8-18/h2-8,13H,9-12,15H2,1H3,(H,24,28). The van der Waals surface area contributed by atoms with Crippen molar-refractivity contribution in [2.24, 2.45) is 0 Å². The molecule has 0 aromatic heterocycles. The van der Waals surface area contributed by atoms with E-state index in [1.807, 2.05) is 30.0 Å². The molecule has 2 fully saturated rings. The molecule has 2 aliphatic rings. The van der Waals surface area contributed by atoms with E-state index in [1.165, 1.54) is 0 Å². The van der Waals surface area contributed by atoms with Gasteiger partial charge in [-0.1, -0.05) is 12.1 Å². The van der Waals surface area contributed by atoms with Crippen LogP contribution < -0.4 is 10.2 Å². The van der Waals surface area contributed by atoms with Gasteiger partial charge in [-0.25, -0.2) is 4.79 Å². The number of nitrogens with zero attached hydrogens (tertiary/aromatic N) is 3. The number of urea groups is 1. The molecule has 2 aromatic carbocycles. The number of hydrogen-bond acceptors (Lipinski definition) is 4. The summed E-state index contributed by atoms with van der Waals surface area (Å²) in [6.07, 6.45) is 1.47. The Labute approximate surface area is 174 Å². The SMILES string of the molecule is Cc1cccc(N2C(=O)CSC23CCN(C(=O)Nc2ccc(C#N)cc2)CC3)c1. The average molecular weight is 407 g/mol. The molecule has 2 aliphatic heterocycles. The van der Waals surface area contributed by atoms with E-state index in [1.54, 1.807) is 40.9 Å². The normalized spacial score (nSPS) is 18.0. The molecule has 3 amide bonds. The molecule has 1 N–H and O–H groups in total. The Morgan fingerprint density at radius 2 is 1.90 bits per heavy atom. The molecule has 1 spiro atoms. The Hall–Kier alpha value is -2.98. The van der Waals surface area contributed by atoms with Gasteiger partial charge in [-0.2, -0.15) is 5.26 Å². The third-order valence-electron chi connectivity index (χ3n) is 5.48. The van der Waals surface area contributed by atoms with Crippen molar-refractivity contribution in [1.82, 2.24) is 4.90 Å². The molecule has 2 heterocycles. The van der Waals surface area contributed by atoms with Crippen LogP contribution in [0, 0.1) is 18.3 Å². The third kappa shape index (κ3) is 3.81. The van der Waals surface area contributed by atoms with Gasteiger partial charge in [0.05, 0.1) is 22.3 Å². The zero-order valence-corrected chi connectivity index (χ0v) is 17.0. The molecule has 6 nitrogen and oxygen atoms in total. The van der Waals surface area contributed by atoms with Gasteiger partial charge in [0.1, 0.15) is 0 Å². The number of carbonyl (C=O) groups excluding carboxylic acids is 2. The Kier molecular flexibility index (Phi) is 5.20. The summed E-state index contributed by atoms with van der Waals surface area (Å²) in [4.78, 5) is 28.8. The second-order valence-corrected chi connectivity index (χ2v) is 8.75. The molecule has 2 saturated heterocycles. The van der Waals surface area contributed by atoms with Crippen molar-refractivity contribution in [3.05, 3.63) is 59.7 Å². The molecule has 0 unspecified atom stereocenters. The van der Waals surface area contributed by atoms with Crippen molar-refractivity contribution >= 4 is 35.1 Å². The second-order valence-electron chi connectivity index (χ2n) is 7.41. The summed E-state index contributed by atoms with van der Waals surface area (Å²) < 4.78 is 0. The van der Waals surface area contributed by atoms with E-state index in [2.05, 4.69) is 17.5 Å². The molecule has 7 heteroatoms. The molecular weight excluding hydrogens is 384 g/mol.